The molecule has 0 aromatic carbocycles. The molecule has 1 aromatic heterocycles. The van der Waals surface area contributed by atoms with Crippen molar-refractivity contribution in [2.24, 2.45) is 0 Å². The molecule has 3 nitrogen and oxygen atoms in total. The third kappa shape index (κ3) is 3.14. The van der Waals surface area contributed by atoms with Crippen molar-refractivity contribution in [1.29, 1.82) is 0 Å². The summed E-state index contributed by atoms with van der Waals surface area (Å²) in [5.74, 6) is -1.82. The lowest BCUT2D eigenvalue weighted by Crippen LogP contribution is -2.27. The van der Waals surface area contributed by atoms with Gasteiger partial charge in [-0.05, 0) is 0 Å². The van der Waals surface area contributed by atoms with Crippen LogP contribution in [0.25, 0.3) is 0 Å². The molecule has 0 saturated heterocycles. The number of H-pyrrole nitrogens is 1. The Balaban J connectivity index is 3.45. The van der Waals surface area contributed by atoms with Crippen LogP contribution in [0.1, 0.15) is 11.1 Å². The average Bonchev–Trinajstić information content (AvgIpc) is 2.13. The van der Waals surface area contributed by atoms with E-state index < -0.39 is 41.6 Å². The molecule has 0 unspecified atom stereocenters. The highest BCUT2D eigenvalue weighted by atomic mass is 19.4. The summed E-state index contributed by atoms with van der Waals surface area (Å²) in [6, 6.07) is 0. The minimum atomic E-state index is -5.42. The zero-order valence-corrected chi connectivity index (χ0v) is 8.25. The SMILES string of the molecule is O=c1c(CF)c[nH]c(OC(F)(F)F)c1C(F)(F)F. The van der Waals surface area contributed by atoms with Gasteiger partial charge in [-0.25, -0.2) is 4.39 Å². The molecule has 1 N–H and O–H groups in total. The summed E-state index contributed by atoms with van der Waals surface area (Å²) in [6.45, 7) is -1.55. The van der Waals surface area contributed by atoms with Gasteiger partial charge in [-0.1, -0.05) is 0 Å². The Labute approximate surface area is 94.2 Å². The topological polar surface area (TPSA) is 42.1 Å². The minimum Gasteiger partial charge on any atom is -0.389 e. The van der Waals surface area contributed by atoms with Gasteiger partial charge in [0.25, 0.3) is 0 Å². The highest BCUT2D eigenvalue weighted by molar-refractivity contribution is 5.32. The second kappa shape index (κ2) is 4.50. The largest absolute Gasteiger partial charge is 0.574 e. The fourth-order valence-electron chi connectivity index (χ4n) is 1.11. The number of hydrogen-bond donors (Lipinski definition) is 1. The van der Waals surface area contributed by atoms with Crippen molar-refractivity contribution in [3.63, 3.8) is 0 Å². The van der Waals surface area contributed by atoms with Gasteiger partial charge in [0, 0.05) is 11.8 Å². The molecular formula is C8H4F7NO2. The van der Waals surface area contributed by atoms with Gasteiger partial charge in [-0.3, -0.25) is 4.79 Å². The molecular weight excluding hydrogens is 275 g/mol. The summed E-state index contributed by atoms with van der Waals surface area (Å²) in [7, 11) is 0. The summed E-state index contributed by atoms with van der Waals surface area (Å²) in [4.78, 5) is 12.6. The van der Waals surface area contributed by atoms with Crippen LogP contribution in [0.2, 0.25) is 0 Å². The van der Waals surface area contributed by atoms with Crippen LogP contribution in [0.4, 0.5) is 30.7 Å². The second-order valence-corrected chi connectivity index (χ2v) is 3.03. The number of aromatic nitrogens is 1. The molecule has 0 aliphatic heterocycles. The summed E-state index contributed by atoms with van der Waals surface area (Å²) in [5.41, 5.74) is -5.07. The van der Waals surface area contributed by atoms with E-state index in [2.05, 4.69) is 4.74 Å². The molecule has 10 heteroatoms. The zero-order valence-electron chi connectivity index (χ0n) is 8.25. The summed E-state index contributed by atoms with van der Waals surface area (Å²) >= 11 is 0. The lowest BCUT2D eigenvalue weighted by atomic mass is 10.2. The van der Waals surface area contributed by atoms with Gasteiger partial charge in [-0.2, -0.15) is 13.2 Å². The van der Waals surface area contributed by atoms with Crippen molar-refractivity contribution >= 4 is 0 Å². The quantitative estimate of drug-likeness (QED) is 0.846. The van der Waals surface area contributed by atoms with Crippen LogP contribution >= 0.6 is 0 Å². The van der Waals surface area contributed by atoms with E-state index in [0.29, 0.717) is 6.20 Å². The first kappa shape index (κ1) is 14.3. The molecule has 0 bridgehead atoms. The number of pyridine rings is 1. The molecule has 1 aromatic rings. The molecule has 0 saturated carbocycles. The number of hydrogen-bond acceptors (Lipinski definition) is 2. The average molecular weight is 279 g/mol. The highest BCUT2D eigenvalue weighted by Crippen LogP contribution is 2.34. The number of halogens is 7. The van der Waals surface area contributed by atoms with E-state index in [1.165, 1.54) is 4.98 Å². The Morgan fingerprint density at radius 1 is 1.17 bits per heavy atom. The van der Waals surface area contributed by atoms with Crippen molar-refractivity contribution in [2.75, 3.05) is 0 Å². The zero-order chi connectivity index (χ0) is 14.1. The molecule has 0 amide bonds. The predicted molar refractivity (Wildman–Crippen MR) is 43.6 cm³/mol. The summed E-state index contributed by atoms with van der Waals surface area (Å²) in [6.07, 6.45) is -10.4. The molecule has 1 heterocycles. The maximum absolute atomic E-state index is 12.4. The first-order valence-corrected chi connectivity index (χ1v) is 4.19. The van der Waals surface area contributed by atoms with Gasteiger partial charge in [-0.15, -0.1) is 13.2 Å². The van der Waals surface area contributed by atoms with Gasteiger partial charge in [0.05, 0.1) is 0 Å². The smallest absolute Gasteiger partial charge is 0.389 e. The van der Waals surface area contributed by atoms with E-state index in [-0.39, 0.29) is 0 Å². The molecule has 102 valence electrons. The van der Waals surface area contributed by atoms with E-state index in [1.807, 2.05) is 0 Å². The van der Waals surface area contributed by atoms with Crippen LogP contribution < -0.4 is 10.2 Å². The molecule has 0 fully saturated rings. The molecule has 0 atom stereocenters. The Morgan fingerprint density at radius 2 is 1.72 bits per heavy atom. The number of alkyl halides is 7. The van der Waals surface area contributed by atoms with E-state index in [1.54, 1.807) is 0 Å². The third-order valence-corrected chi connectivity index (χ3v) is 1.77. The third-order valence-electron chi connectivity index (χ3n) is 1.77. The lowest BCUT2D eigenvalue weighted by molar-refractivity contribution is -0.278. The normalized spacial score (nSPS) is 12.6. The maximum atomic E-state index is 12.4. The van der Waals surface area contributed by atoms with Gasteiger partial charge in [0.15, 0.2) is 5.56 Å². The Kier molecular flexibility index (Phi) is 3.58. The maximum Gasteiger partial charge on any atom is 0.574 e. The minimum absolute atomic E-state index is 0.388. The van der Waals surface area contributed by atoms with Gasteiger partial charge in [0.1, 0.15) is 6.67 Å². The Hall–Kier alpha value is -1.74. The summed E-state index contributed by atoms with van der Waals surface area (Å²) in [5, 5.41) is 0. The van der Waals surface area contributed by atoms with E-state index in [0.717, 1.165) is 0 Å². The molecule has 0 aliphatic rings. The van der Waals surface area contributed by atoms with Crippen molar-refractivity contribution in [3.8, 4) is 5.88 Å². The number of ether oxygens (including phenoxy) is 1. The highest BCUT2D eigenvalue weighted by Gasteiger charge is 2.42. The number of nitrogens with one attached hydrogen (secondary N) is 1. The van der Waals surface area contributed by atoms with E-state index in [9.17, 15) is 35.5 Å². The van der Waals surface area contributed by atoms with Crippen molar-refractivity contribution in [3.05, 3.63) is 27.5 Å². The fraction of sp³-hybridized carbons (Fsp3) is 0.375. The lowest BCUT2D eigenvalue weighted by Gasteiger charge is -2.14. The standard InChI is InChI=1S/C8H4F7NO2/c9-1-3-2-16-6(18-8(13,14)15)4(5(3)17)7(10,11)12/h2H,1H2,(H,16,17). The van der Waals surface area contributed by atoms with Crippen LogP contribution in [-0.4, -0.2) is 11.3 Å². The molecule has 0 aliphatic carbocycles. The molecule has 18 heavy (non-hydrogen) atoms. The van der Waals surface area contributed by atoms with Gasteiger partial charge >= 0.3 is 12.5 Å². The van der Waals surface area contributed by atoms with Gasteiger partial charge < -0.3 is 9.72 Å². The monoisotopic (exact) mass is 279 g/mol. The van der Waals surface area contributed by atoms with Crippen molar-refractivity contribution < 1.29 is 35.5 Å². The van der Waals surface area contributed by atoms with Crippen LogP contribution in [0.3, 0.4) is 0 Å². The van der Waals surface area contributed by atoms with E-state index >= 15 is 0 Å². The van der Waals surface area contributed by atoms with E-state index in [4.69, 9.17) is 0 Å². The van der Waals surface area contributed by atoms with Crippen LogP contribution in [0.5, 0.6) is 5.88 Å². The molecule has 0 spiro atoms. The van der Waals surface area contributed by atoms with Gasteiger partial charge in [0.2, 0.25) is 11.3 Å². The van der Waals surface area contributed by atoms with Crippen LogP contribution in [0, 0.1) is 0 Å². The Bertz CT molecular complexity index is 488. The number of rotatable bonds is 2. The molecule has 0 radical (unpaired) electrons. The predicted octanol–water partition coefficient (Wildman–Crippen LogP) is 2.76. The number of aromatic amines is 1. The fourth-order valence-corrected chi connectivity index (χ4v) is 1.11. The van der Waals surface area contributed by atoms with Crippen LogP contribution in [-0.2, 0) is 12.9 Å². The van der Waals surface area contributed by atoms with Crippen molar-refractivity contribution in [2.45, 2.75) is 19.2 Å². The summed E-state index contributed by atoms with van der Waals surface area (Å²) < 4.78 is 88.0. The first-order chi connectivity index (χ1) is 8.06. The van der Waals surface area contributed by atoms with Crippen molar-refractivity contribution in [1.82, 2.24) is 4.98 Å². The second-order valence-electron chi connectivity index (χ2n) is 3.03. The Morgan fingerprint density at radius 3 is 2.11 bits per heavy atom. The first-order valence-electron chi connectivity index (χ1n) is 4.19. The molecule has 1 rings (SSSR count). The van der Waals surface area contributed by atoms with Crippen LogP contribution in [0.15, 0.2) is 11.0 Å².